The molecule has 142 valence electrons. The minimum atomic E-state index is -3.35. The molecule has 1 fully saturated rings. The molecule has 0 bridgehead atoms. The van der Waals surface area contributed by atoms with Gasteiger partial charge in [0, 0.05) is 19.7 Å². The molecular formula is C18H30N2O4S. The molecule has 0 spiro atoms. The van der Waals surface area contributed by atoms with Crippen LogP contribution >= 0.6 is 0 Å². The molecule has 1 aromatic rings. The molecule has 1 N–H and O–H groups in total. The van der Waals surface area contributed by atoms with Gasteiger partial charge in [0.2, 0.25) is 10.0 Å². The largest absolute Gasteiger partial charge is 0.382 e. The molecule has 1 aliphatic heterocycles. The fourth-order valence-corrected chi connectivity index (χ4v) is 3.95. The lowest BCUT2D eigenvalue weighted by atomic mass is 10.0. The van der Waals surface area contributed by atoms with Crippen LogP contribution in [0.5, 0.6) is 0 Å². The first-order valence-corrected chi connectivity index (χ1v) is 10.6. The monoisotopic (exact) mass is 370 g/mol. The van der Waals surface area contributed by atoms with Crippen molar-refractivity contribution in [1.82, 2.24) is 9.62 Å². The summed E-state index contributed by atoms with van der Waals surface area (Å²) in [6.45, 7) is 3.48. The molecule has 1 atom stereocenters. The topological polar surface area (TPSA) is 67.9 Å². The van der Waals surface area contributed by atoms with Gasteiger partial charge in [-0.2, -0.15) is 0 Å². The number of piperidine rings is 1. The van der Waals surface area contributed by atoms with Crippen LogP contribution < -0.4 is 4.72 Å². The van der Waals surface area contributed by atoms with Crippen LogP contribution in [-0.4, -0.2) is 65.6 Å². The fourth-order valence-electron chi connectivity index (χ4n) is 3.05. The third kappa shape index (κ3) is 7.42. The van der Waals surface area contributed by atoms with Gasteiger partial charge < -0.3 is 9.47 Å². The van der Waals surface area contributed by atoms with E-state index in [9.17, 15) is 8.42 Å². The molecule has 1 saturated heterocycles. The summed E-state index contributed by atoms with van der Waals surface area (Å²) >= 11 is 0. The third-order valence-corrected chi connectivity index (χ3v) is 5.75. The van der Waals surface area contributed by atoms with E-state index in [4.69, 9.17) is 9.47 Å². The summed E-state index contributed by atoms with van der Waals surface area (Å²) in [4.78, 5) is 2.39. The molecule has 1 aromatic carbocycles. The maximum absolute atomic E-state index is 12.2. The number of benzene rings is 1. The molecule has 0 radical (unpaired) electrons. The van der Waals surface area contributed by atoms with Crippen molar-refractivity contribution in [2.24, 2.45) is 0 Å². The Hall–Kier alpha value is -0.990. The molecule has 1 aliphatic rings. The van der Waals surface area contributed by atoms with Crippen molar-refractivity contribution in [2.75, 3.05) is 52.3 Å². The summed E-state index contributed by atoms with van der Waals surface area (Å²) in [7, 11) is -1.76. The summed E-state index contributed by atoms with van der Waals surface area (Å²) < 4.78 is 37.4. The molecule has 0 aliphatic carbocycles. The van der Waals surface area contributed by atoms with Gasteiger partial charge >= 0.3 is 0 Å². The van der Waals surface area contributed by atoms with Gasteiger partial charge in [-0.1, -0.05) is 36.8 Å². The van der Waals surface area contributed by atoms with Gasteiger partial charge in [0.15, 0.2) is 0 Å². The molecule has 6 nitrogen and oxygen atoms in total. The molecule has 0 aromatic heterocycles. The number of hydrogen-bond donors (Lipinski definition) is 1. The zero-order chi connectivity index (χ0) is 18.0. The molecule has 1 heterocycles. The standard InChI is InChI=1S/C18H30N2O4S/c1-23-12-13-24-14-15-25(21,22)19-16-18(17-8-4-2-5-9-17)20-10-6-3-7-11-20/h2,4-5,8-9,18-19H,3,6-7,10-16H2,1H3. The van der Waals surface area contributed by atoms with Crippen molar-refractivity contribution in [3.63, 3.8) is 0 Å². The molecule has 0 amide bonds. The second kappa shape index (κ2) is 10.9. The second-order valence-electron chi connectivity index (χ2n) is 6.30. The van der Waals surface area contributed by atoms with Crippen LogP contribution in [0.2, 0.25) is 0 Å². The number of hydrogen-bond acceptors (Lipinski definition) is 5. The second-order valence-corrected chi connectivity index (χ2v) is 8.22. The Morgan fingerprint density at radius 3 is 2.48 bits per heavy atom. The Morgan fingerprint density at radius 1 is 1.08 bits per heavy atom. The van der Waals surface area contributed by atoms with E-state index in [1.165, 1.54) is 19.3 Å². The van der Waals surface area contributed by atoms with Crippen molar-refractivity contribution >= 4 is 10.0 Å². The lowest BCUT2D eigenvalue weighted by Gasteiger charge is -2.35. The van der Waals surface area contributed by atoms with Gasteiger partial charge in [-0.3, -0.25) is 4.90 Å². The molecule has 25 heavy (non-hydrogen) atoms. The summed E-state index contributed by atoms with van der Waals surface area (Å²) in [6, 6.07) is 10.2. The first-order chi connectivity index (χ1) is 12.1. The lowest BCUT2D eigenvalue weighted by molar-refractivity contribution is 0.0784. The van der Waals surface area contributed by atoms with Gasteiger partial charge in [0.25, 0.3) is 0 Å². The maximum atomic E-state index is 12.2. The van der Waals surface area contributed by atoms with E-state index in [0.717, 1.165) is 18.7 Å². The maximum Gasteiger partial charge on any atom is 0.213 e. The summed E-state index contributed by atoms with van der Waals surface area (Å²) in [5.41, 5.74) is 1.16. The summed E-state index contributed by atoms with van der Waals surface area (Å²) in [5, 5.41) is 0. The van der Waals surface area contributed by atoms with Crippen molar-refractivity contribution in [1.29, 1.82) is 0 Å². The van der Waals surface area contributed by atoms with Crippen LogP contribution in [0.4, 0.5) is 0 Å². The SMILES string of the molecule is COCCOCCS(=O)(=O)NCC(c1ccccc1)N1CCCCC1. The zero-order valence-corrected chi connectivity index (χ0v) is 15.8. The zero-order valence-electron chi connectivity index (χ0n) is 15.0. The number of nitrogens with zero attached hydrogens (tertiary/aromatic N) is 1. The number of sulfonamides is 1. The quantitative estimate of drug-likeness (QED) is 0.602. The highest BCUT2D eigenvalue weighted by molar-refractivity contribution is 7.89. The van der Waals surface area contributed by atoms with Crippen LogP contribution in [-0.2, 0) is 19.5 Å². The van der Waals surface area contributed by atoms with Gasteiger partial charge in [0.05, 0.1) is 25.6 Å². The Balaban J connectivity index is 1.90. The predicted molar refractivity (Wildman–Crippen MR) is 99.1 cm³/mol. The Bertz CT molecular complexity index is 574. The van der Waals surface area contributed by atoms with Gasteiger partial charge in [-0.15, -0.1) is 0 Å². The number of methoxy groups -OCH3 is 1. The van der Waals surface area contributed by atoms with E-state index in [1.807, 2.05) is 18.2 Å². The number of ether oxygens (including phenoxy) is 2. The van der Waals surface area contributed by atoms with E-state index in [0.29, 0.717) is 19.8 Å². The molecule has 0 saturated carbocycles. The molecular weight excluding hydrogens is 340 g/mol. The van der Waals surface area contributed by atoms with Crippen molar-refractivity contribution in [2.45, 2.75) is 25.3 Å². The third-order valence-electron chi connectivity index (χ3n) is 4.44. The number of likely N-dealkylation sites (tertiary alicyclic amines) is 1. The average molecular weight is 371 g/mol. The average Bonchev–Trinajstić information content (AvgIpc) is 2.63. The molecule has 7 heteroatoms. The van der Waals surface area contributed by atoms with Crippen molar-refractivity contribution < 1.29 is 17.9 Å². The van der Waals surface area contributed by atoms with Gasteiger partial charge in [0.1, 0.15) is 0 Å². The van der Waals surface area contributed by atoms with E-state index >= 15 is 0 Å². The lowest BCUT2D eigenvalue weighted by Crippen LogP contribution is -2.41. The number of rotatable bonds is 11. The molecule has 1 unspecified atom stereocenters. The van der Waals surface area contributed by atoms with Gasteiger partial charge in [-0.25, -0.2) is 13.1 Å². The van der Waals surface area contributed by atoms with Crippen LogP contribution in [0.15, 0.2) is 30.3 Å². The van der Waals surface area contributed by atoms with Crippen LogP contribution in [0.25, 0.3) is 0 Å². The highest BCUT2D eigenvalue weighted by Crippen LogP contribution is 2.24. The molecule has 2 rings (SSSR count). The Morgan fingerprint density at radius 2 is 1.80 bits per heavy atom. The van der Waals surface area contributed by atoms with Crippen LogP contribution in [0, 0.1) is 0 Å². The smallest absolute Gasteiger partial charge is 0.213 e. The highest BCUT2D eigenvalue weighted by Gasteiger charge is 2.23. The van der Waals surface area contributed by atoms with Crippen molar-refractivity contribution in [3.8, 4) is 0 Å². The van der Waals surface area contributed by atoms with Crippen molar-refractivity contribution in [3.05, 3.63) is 35.9 Å². The minimum absolute atomic E-state index is 0.0295. The van der Waals surface area contributed by atoms with E-state index in [2.05, 4.69) is 21.8 Å². The highest BCUT2D eigenvalue weighted by atomic mass is 32.2. The van der Waals surface area contributed by atoms with Gasteiger partial charge in [-0.05, 0) is 31.5 Å². The van der Waals surface area contributed by atoms with E-state index in [-0.39, 0.29) is 18.4 Å². The van der Waals surface area contributed by atoms with Crippen LogP contribution in [0.3, 0.4) is 0 Å². The Labute approximate surface area is 151 Å². The summed E-state index contributed by atoms with van der Waals surface area (Å²) in [5.74, 6) is -0.0295. The van der Waals surface area contributed by atoms with E-state index in [1.54, 1.807) is 7.11 Å². The summed E-state index contributed by atoms with van der Waals surface area (Å²) in [6.07, 6.45) is 3.59. The predicted octanol–water partition coefficient (Wildman–Crippen LogP) is 1.80. The fraction of sp³-hybridized carbons (Fsp3) is 0.667. The minimum Gasteiger partial charge on any atom is -0.382 e. The first kappa shape index (κ1) is 20.3. The normalized spacial score (nSPS) is 17.5. The number of nitrogens with one attached hydrogen (secondary N) is 1. The Kier molecular flexibility index (Phi) is 8.84. The van der Waals surface area contributed by atoms with Crippen LogP contribution in [0.1, 0.15) is 30.9 Å². The van der Waals surface area contributed by atoms with E-state index < -0.39 is 10.0 Å². The first-order valence-electron chi connectivity index (χ1n) is 8.95.